The molecular weight excluding hydrogens is 247 g/mol. The topological polar surface area (TPSA) is 70.7 Å². The number of pyridine rings is 1. The summed E-state index contributed by atoms with van der Waals surface area (Å²) >= 11 is 0. The Bertz CT molecular complexity index is 601. The molecule has 2 heterocycles. The number of carbonyl (C=O) groups excluding carboxylic acids is 1. The van der Waals surface area contributed by atoms with Crippen molar-refractivity contribution in [2.24, 2.45) is 0 Å². The van der Waals surface area contributed by atoms with Gasteiger partial charge in [-0.2, -0.15) is 5.10 Å². The SMILES string of the molecule is CC(C)(C)c1cc(NC(=O)c2ccncc2F)n[nH]1. The van der Waals surface area contributed by atoms with Gasteiger partial charge in [-0.3, -0.25) is 14.9 Å². The van der Waals surface area contributed by atoms with Gasteiger partial charge in [-0.05, 0) is 6.07 Å². The van der Waals surface area contributed by atoms with E-state index in [2.05, 4.69) is 20.5 Å². The number of halogens is 1. The van der Waals surface area contributed by atoms with Crippen LogP contribution >= 0.6 is 0 Å². The number of rotatable bonds is 2. The molecule has 6 heteroatoms. The van der Waals surface area contributed by atoms with Gasteiger partial charge in [0.15, 0.2) is 11.6 Å². The minimum absolute atomic E-state index is 0.0599. The van der Waals surface area contributed by atoms with Gasteiger partial charge in [-0.25, -0.2) is 4.39 Å². The Hall–Kier alpha value is -2.24. The van der Waals surface area contributed by atoms with Crippen molar-refractivity contribution in [3.63, 3.8) is 0 Å². The molecular formula is C13H15FN4O. The van der Waals surface area contributed by atoms with E-state index in [4.69, 9.17) is 0 Å². The van der Waals surface area contributed by atoms with E-state index in [0.29, 0.717) is 5.82 Å². The summed E-state index contributed by atoms with van der Waals surface area (Å²) in [5.74, 6) is -0.843. The highest BCUT2D eigenvalue weighted by Gasteiger charge is 2.18. The molecule has 1 amide bonds. The molecule has 0 aromatic carbocycles. The van der Waals surface area contributed by atoms with E-state index in [9.17, 15) is 9.18 Å². The predicted octanol–water partition coefficient (Wildman–Crippen LogP) is 2.49. The first kappa shape index (κ1) is 13.2. The monoisotopic (exact) mass is 262 g/mol. The van der Waals surface area contributed by atoms with Crippen molar-refractivity contribution >= 4 is 11.7 Å². The standard InChI is InChI=1S/C13H15FN4O/c1-13(2,3)10-6-11(18-17-10)16-12(19)8-4-5-15-7-9(8)14/h4-7H,1-3H3,(H2,16,17,18,19). The van der Waals surface area contributed by atoms with Crippen molar-refractivity contribution in [2.45, 2.75) is 26.2 Å². The second-order valence-corrected chi connectivity index (χ2v) is 5.23. The summed E-state index contributed by atoms with van der Waals surface area (Å²) in [5, 5.41) is 9.37. The third-order valence-corrected chi connectivity index (χ3v) is 2.64. The molecule has 0 saturated carbocycles. The molecule has 0 aliphatic rings. The molecule has 0 fully saturated rings. The molecule has 0 atom stereocenters. The maximum absolute atomic E-state index is 13.4. The van der Waals surface area contributed by atoms with E-state index >= 15 is 0 Å². The number of aromatic nitrogens is 3. The van der Waals surface area contributed by atoms with Crippen LogP contribution < -0.4 is 5.32 Å². The largest absolute Gasteiger partial charge is 0.305 e. The quantitative estimate of drug-likeness (QED) is 0.873. The van der Waals surface area contributed by atoms with Crippen molar-refractivity contribution in [3.05, 3.63) is 41.6 Å². The number of aromatic amines is 1. The van der Waals surface area contributed by atoms with Gasteiger partial charge in [0.2, 0.25) is 0 Å². The lowest BCUT2D eigenvalue weighted by Crippen LogP contribution is -2.14. The second kappa shape index (κ2) is 4.79. The van der Waals surface area contributed by atoms with Crippen LogP contribution in [0.4, 0.5) is 10.2 Å². The van der Waals surface area contributed by atoms with E-state index in [1.165, 1.54) is 12.3 Å². The molecule has 2 rings (SSSR count). The van der Waals surface area contributed by atoms with Gasteiger partial charge in [-0.15, -0.1) is 0 Å². The summed E-state index contributed by atoms with van der Waals surface area (Å²) < 4.78 is 13.4. The summed E-state index contributed by atoms with van der Waals surface area (Å²) in [7, 11) is 0. The average Bonchev–Trinajstić information content (AvgIpc) is 2.77. The molecule has 0 aliphatic carbocycles. The Kier molecular flexibility index (Phi) is 3.33. The molecule has 0 saturated heterocycles. The lowest BCUT2D eigenvalue weighted by atomic mass is 9.92. The van der Waals surface area contributed by atoms with Crippen LogP contribution in [0.3, 0.4) is 0 Å². The van der Waals surface area contributed by atoms with Crippen LogP contribution in [0.2, 0.25) is 0 Å². The van der Waals surface area contributed by atoms with Gasteiger partial charge >= 0.3 is 0 Å². The zero-order chi connectivity index (χ0) is 14.0. The van der Waals surface area contributed by atoms with E-state index in [0.717, 1.165) is 11.9 Å². The Labute approximate surface area is 110 Å². The summed E-state index contributed by atoms with van der Waals surface area (Å²) in [6, 6.07) is 3.05. The van der Waals surface area contributed by atoms with E-state index in [1.54, 1.807) is 6.07 Å². The average molecular weight is 262 g/mol. The number of H-pyrrole nitrogens is 1. The van der Waals surface area contributed by atoms with Crippen molar-refractivity contribution in [3.8, 4) is 0 Å². The fourth-order valence-electron chi connectivity index (χ4n) is 1.51. The maximum atomic E-state index is 13.4. The number of nitrogens with one attached hydrogen (secondary N) is 2. The number of anilines is 1. The highest BCUT2D eigenvalue weighted by atomic mass is 19.1. The van der Waals surface area contributed by atoms with Crippen molar-refractivity contribution < 1.29 is 9.18 Å². The fourth-order valence-corrected chi connectivity index (χ4v) is 1.51. The molecule has 0 spiro atoms. The third kappa shape index (κ3) is 2.96. The van der Waals surface area contributed by atoms with Crippen LogP contribution in [0.5, 0.6) is 0 Å². The zero-order valence-electron chi connectivity index (χ0n) is 11.0. The Balaban J connectivity index is 2.16. The van der Waals surface area contributed by atoms with Crippen molar-refractivity contribution in [1.82, 2.24) is 15.2 Å². The molecule has 0 aliphatic heterocycles. The van der Waals surface area contributed by atoms with E-state index in [1.807, 2.05) is 20.8 Å². The molecule has 0 unspecified atom stereocenters. The Morgan fingerprint density at radius 1 is 1.42 bits per heavy atom. The summed E-state index contributed by atoms with van der Waals surface area (Å²) in [4.78, 5) is 15.5. The first-order valence-electron chi connectivity index (χ1n) is 5.84. The molecule has 2 aromatic heterocycles. The first-order valence-corrected chi connectivity index (χ1v) is 5.84. The highest BCUT2D eigenvalue weighted by molar-refractivity contribution is 6.03. The normalized spacial score (nSPS) is 11.4. The van der Waals surface area contributed by atoms with Crippen LogP contribution in [0, 0.1) is 5.82 Å². The van der Waals surface area contributed by atoms with Gasteiger partial charge in [0.25, 0.3) is 5.91 Å². The third-order valence-electron chi connectivity index (χ3n) is 2.64. The lowest BCUT2D eigenvalue weighted by Gasteiger charge is -2.14. The van der Waals surface area contributed by atoms with Crippen LogP contribution in [0.15, 0.2) is 24.5 Å². The Morgan fingerprint density at radius 2 is 2.16 bits per heavy atom. The van der Waals surface area contributed by atoms with Gasteiger partial charge in [0.1, 0.15) is 0 Å². The number of hydrogen-bond donors (Lipinski definition) is 2. The van der Waals surface area contributed by atoms with E-state index < -0.39 is 11.7 Å². The predicted molar refractivity (Wildman–Crippen MR) is 69.4 cm³/mol. The molecule has 0 radical (unpaired) electrons. The Morgan fingerprint density at radius 3 is 2.74 bits per heavy atom. The fraction of sp³-hybridized carbons (Fsp3) is 0.308. The molecule has 2 aromatic rings. The number of nitrogens with zero attached hydrogens (tertiary/aromatic N) is 2. The summed E-state index contributed by atoms with van der Waals surface area (Å²) in [5.41, 5.74) is 0.728. The minimum Gasteiger partial charge on any atom is -0.305 e. The lowest BCUT2D eigenvalue weighted by molar-refractivity contribution is 0.102. The van der Waals surface area contributed by atoms with Crippen LogP contribution in [-0.2, 0) is 5.41 Å². The molecule has 2 N–H and O–H groups in total. The zero-order valence-corrected chi connectivity index (χ0v) is 11.0. The second-order valence-electron chi connectivity index (χ2n) is 5.23. The van der Waals surface area contributed by atoms with E-state index in [-0.39, 0.29) is 11.0 Å². The first-order chi connectivity index (χ1) is 8.88. The van der Waals surface area contributed by atoms with Crippen molar-refractivity contribution in [2.75, 3.05) is 5.32 Å². The summed E-state index contributed by atoms with van der Waals surface area (Å²) in [6.45, 7) is 6.07. The van der Waals surface area contributed by atoms with Crippen molar-refractivity contribution in [1.29, 1.82) is 0 Å². The minimum atomic E-state index is -0.661. The number of amides is 1. The highest BCUT2D eigenvalue weighted by Crippen LogP contribution is 2.22. The number of carbonyl (C=O) groups is 1. The summed E-state index contributed by atoms with van der Waals surface area (Å²) in [6.07, 6.45) is 2.36. The molecule has 100 valence electrons. The van der Waals surface area contributed by atoms with Gasteiger partial charge < -0.3 is 5.32 Å². The molecule has 0 bridgehead atoms. The molecule has 5 nitrogen and oxygen atoms in total. The van der Waals surface area contributed by atoms with Gasteiger partial charge in [0, 0.05) is 23.4 Å². The van der Waals surface area contributed by atoms with Gasteiger partial charge in [-0.1, -0.05) is 20.8 Å². The van der Waals surface area contributed by atoms with Gasteiger partial charge in [0.05, 0.1) is 11.8 Å². The van der Waals surface area contributed by atoms with Crippen LogP contribution in [-0.4, -0.2) is 21.1 Å². The smallest absolute Gasteiger partial charge is 0.259 e. The maximum Gasteiger partial charge on any atom is 0.259 e. The van der Waals surface area contributed by atoms with Crippen LogP contribution in [0.25, 0.3) is 0 Å². The number of hydrogen-bond acceptors (Lipinski definition) is 3. The molecule has 19 heavy (non-hydrogen) atoms. The van der Waals surface area contributed by atoms with Crippen LogP contribution in [0.1, 0.15) is 36.8 Å².